The molecule has 0 spiro atoms. The smallest absolute Gasteiger partial charge is 0.0598 e. The summed E-state index contributed by atoms with van der Waals surface area (Å²) in [5.41, 5.74) is 4.82. The number of nitrogens with one attached hydrogen (secondary N) is 1. The van der Waals surface area contributed by atoms with Crippen molar-refractivity contribution >= 4 is 0 Å². The first-order valence-electron chi connectivity index (χ1n) is 9.06. The van der Waals surface area contributed by atoms with Gasteiger partial charge in [0.25, 0.3) is 0 Å². The van der Waals surface area contributed by atoms with Gasteiger partial charge in [-0.1, -0.05) is 37.3 Å². The van der Waals surface area contributed by atoms with Crippen molar-refractivity contribution < 1.29 is 0 Å². The number of hydrazine groups is 1. The Morgan fingerprint density at radius 2 is 1.62 bits per heavy atom. The van der Waals surface area contributed by atoms with Gasteiger partial charge >= 0.3 is 0 Å². The molecule has 0 aromatic carbocycles. The Balaban J connectivity index is 2.12. The monoisotopic (exact) mass is 293 g/mol. The lowest BCUT2D eigenvalue weighted by Gasteiger charge is -2.45. The molecule has 1 unspecified atom stereocenters. The lowest BCUT2D eigenvalue weighted by Crippen LogP contribution is -2.60. The summed E-state index contributed by atoms with van der Waals surface area (Å²) in [6.07, 6.45) is 15.8. The van der Waals surface area contributed by atoms with Crippen LogP contribution in [-0.4, -0.2) is 29.6 Å². The van der Waals surface area contributed by atoms with Crippen LogP contribution in [0.4, 0.5) is 0 Å². The molecule has 122 valence electrons. The zero-order valence-corrected chi connectivity index (χ0v) is 14.2. The second-order valence-corrected chi connectivity index (χ2v) is 7.39. The summed E-state index contributed by atoms with van der Waals surface area (Å²) in [7, 11) is 0. The van der Waals surface area contributed by atoms with E-state index >= 15 is 0 Å². The SMILES string of the molecule is CC(C)(C(NN)C1=CCCCCCC1)N1CCCCCC1. The zero-order chi connectivity index (χ0) is 15.1. The largest absolute Gasteiger partial charge is 0.296 e. The van der Waals surface area contributed by atoms with Gasteiger partial charge in [0.1, 0.15) is 0 Å². The van der Waals surface area contributed by atoms with Crippen LogP contribution >= 0.6 is 0 Å². The number of rotatable bonds is 4. The van der Waals surface area contributed by atoms with Crippen molar-refractivity contribution in [3.05, 3.63) is 11.6 Å². The van der Waals surface area contributed by atoms with Crippen LogP contribution in [0.25, 0.3) is 0 Å². The maximum Gasteiger partial charge on any atom is 0.0598 e. The summed E-state index contributed by atoms with van der Waals surface area (Å²) in [5.74, 6) is 6.01. The van der Waals surface area contributed by atoms with E-state index < -0.39 is 0 Å². The molecule has 1 atom stereocenters. The summed E-state index contributed by atoms with van der Waals surface area (Å²) >= 11 is 0. The van der Waals surface area contributed by atoms with Crippen molar-refractivity contribution in [1.29, 1.82) is 0 Å². The molecule has 2 rings (SSSR count). The molecule has 2 aliphatic rings. The molecular weight excluding hydrogens is 258 g/mol. The van der Waals surface area contributed by atoms with E-state index in [9.17, 15) is 0 Å². The number of likely N-dealkylation sites (tertiary alicyclic amines) is 1. The van der Waals surface area contributed by atoms with Crippen LogP contribution < -0.4 is 11.3 Å². The molecule has 21 heavy (non-hydrogen) atoms. The molecule has 3 nitrogen and oxygen atoms in total. The van der Waals surface area contributed by atoms with Gasteiger partial charge in [-0.3, -0.25) is 16.2 Å². The van der Waals surface area contributed by atoms with Gasteiger partial charge in [-0.25, -0.2) is 0 Å². The average molecular weight is 293 g/mol. The van der Waals surface area contributed by atoms with E-state index in [4.69, 9.17) is 5.84 Å². The van der Waals surface area contributed by atoms with Crippen LogP contribution in [0.15, 0.2) is 11.6 Å². The minimum absolute atomic E-state index is 0.101. The predicted octanol–water partition coefficient (Wildman–Crippen LogP) is 3.75. The van der Waals surface area contributed by atoms with Gasteiger partial charge in [0.05, 0.1) is 6.04 Å². The fourth-order valence-corrected chi connectivity index (χ4v) is 4.07. The van der Waals surface area contributed by atoms with Crippen molar-refractivity contribution in [2.24, 2.45) is 5.84 Å². The molecule has 0 saturated carbocycles. The van der Waals surface area contributed by atoms with E-state index in [2.05, 4.69) is 30.2 Å². The quantitative estimate of drug-likeness (QED) is 0.471. The Hall–Kier alpha value is -0.380. The van der Waals surface area contributed by atoms with Gasteiger partial charge in [0.15, 0.2) is 0 Å². The Labute approximate surface area is 131 Å². The summed E-state index contributed by atoms with van der Waals surface area (Å²) < 4.78 is 0. The third-order valence-electron chi connectivity index (χ3n) is 5.49. The molecule has 0 aromatic rings. The molecule has 0 aromatic heterocycles. The van der Waals surface area contributed by atoms with Crippen LogP contribution in [0, 0.1) is 0 Å². The third kappa shape index (κ3) is 4.54. The number of allylic oxidation sites excluding steroid dienone is 1. The van der Waals surface area contributed by atoms with Crippen molar-refractivity contribution in [1.82, 2.24) is 10.3 Å². The molecule has 0 bridgehead atoms. The number of nitrogens with zero attached hydrogens (tertiary/aromatic N) is 1. The molecule has 1 fully saturated rings. The van der Waals surface area contributed by atoms with Crippen molar-refractivity contribution in [2.45, 2.75) is 89.6 Å². The topological polar surface area (TPSA) is 41.3 Å². The second-order valence-electron chi connectivity index (χ2n) is 7.39. The molecule has 3 heteroatoms. The van der Waals surface area contributed by atoms with Gasteiger partial charge in [-0.15, -0.1) is 0 Å². The maximum atomic E-state index is 6.01. The van der Waals surface area contributed by atoms with E-state index in [0.717, 1.165) is 0 Å². The normalized spacial score (nSPS) is 24.6. The maximum absolute atomic E-state index is 6.01. The summed E-state index contributed by atoms with van der Waals surface area (Å²) in [6.45, 7) is 7.20. The molecule has 1 saturated heterocycles. The Morgan fingerprint density at radius 1 is 1.00 bits per heavy atom. The highest BCUT2D eigenvalue weighted by atomic mass is 15.3. The second kappa shape index (κ2) is 8.30. The highest BCUT2D eigenvalue weighted by molar-refractivity contribution is 5.18. The number of hydrogen-bond acceptors (Lipinski definition) is 3. The third-order valence-corrected chi connectivity index (χ3v) is 5.49. The van der Waals surface area contributed by atoms with E-state index in [1.54, 1.807) is 5.57 Å². The molecule has 0 radical (unpaired) electrons. The first-order valence-corrected chi connectivity index (χ1v) is 9.06. The van der Waals surface area contributed by atoms with Crippen LogP contribution in [0.2, 0.25) is 0 Å². The minimum atomic E-state index is 0.101. The van der Waals surface area contributed by atoms with Crippen LogP contribution in [-0.2, 0) is 0 Å². The van der Waals surface area contributed by atoms with Gasteiger partial charge in [-0.2, -0.15) is 0 Å². The average Bonchev–Trinajstić information content (AvgIpc) is 2.71. The standard InChI is InChI=1S/C18H35N3/c1-18(2,21-14-10-6-7-11-15-21)17(20-19)16-12-8-4-3-5-9-13-16/h12,17,20H,3-11,13-15,19H2,1-2H3. The van der Waals surface area contributed by atoms with Crippen molar-refractivity contribution in [3.63, 3.8) is 0 Å². The van der Waals surface area contributed by atoms with Gasteiger partial charge in [0.2, 0.25) is 0 Å². The highest BCUT2D eigenvalue weighted by Crippen LogP contribution is 2.30. The zero-order valence-electron chi connectivity index (χ0n) is 14.2. The van der Waals surface area contributed by atoms with Crippen LogP contribution in [0.1, 0.15) is 78.1 Å². The highest BCUT2D eigenvalue weighted by Gasteiger charge is 2.36. The van der Waals surface area contributed by atoms with Crippen molar-refractivity contribution in [2.75, 3.05) is 13.1 Å². The first kappa shape index (κ1) is 17.0. The lowest BCUT2D eigenvalue weighted by atomic mass is 9.83. The van der Waals surface area contributed by atoms with E-state index in [1.807, 2.05) is 0 Å². The molecule has 1 aliphatic heterocycles. The fraction of sp³-hybridized carbons (Fsp3) is 0.889. The molecule has 3 N–H and O–H groups in total. The fourth-order valence-electron chi connectivity index (χ4n) is 4.07. The predicted molar refractivity (Wildman–Crippen MR) is 91.0 cm³/mol. The summed E-state index contributed by atoms with van der Waals surface area (Å²) in [6, 6.07) is 0.286. The molecule has 1 heterocycles. The summed E-state index contributed by atoms with van der Waals surface area (Å²) in [4.78, 5) is 2.67. The van der Waals surface area contributed by atoms with E-state index in [1.165, 1.54) is 77.3 Å². The molecular formula is C18H35N3. The first-order chi connectivity index (χ1) is 10.2. The van der Waals surface area contributed by atoms with Crippen LogP contribution in [0.3, 0.4) is 0 Å². The van der Waals surface area contributed by atoms with E-state index in [-0.39, 0.29) is 11.6 Å². The Bertz CT molecular complexity index is 327. The Kier molecular flexibility index (Phi) is 6.72. The Morgan fingerprint density at radius 3 is 2.29 bits per heavy atom. The number of nitrogens with two attached hydrogens (primary N) is 1. The lowest BCUT2D eigenvalue weighted by molar-refractivity contribution is 0.0944. The van der Waals surface area contributed by atoms with Gasteiger partial charge in [-0.05, 0) is 65.5 Å². The van der Waals surface area contributed by atoms with Crippen molar-refractivity contribution in [3.8, 4) is 0 Å². The van der Waals surface area contributed by atoms with Gasteiger partial charge in [0, 0.05) is 5.54 Å². The van der Waals surface area contributed by atoms with Crippen LogP contribution in [0.5, 0.6) is 0 Å². The summed E-state index contributed by atoms with van der Waals surface area (Å²) in [5, 5.41) is 0. The van der Waals surface area contributed by atoms with Gasteiger partial charge < -0.3 is 0 Å². The minimum Gasteiger partial charge on any atom is -0.296 e. The molecule has 0 amide bonds. The van der Waals surface area contributed by atoms with E-state index in [0.29, 0.717) is 0 Å². The molecule has 1 aliphatic carbocycles. The number of hydrogen-bond donors (Lipinski definition) is 2.